The lowest BCUT2D eigenvalue weighted by Crippen LogP contribution is -2.16. The normalized spacial score (nSPS) is 11.1. The highest BCUT2D eigenvalue weighted by Gasteiger charge is 2.12. The van der Waals surface area contributed by atoms with Crippen molar-refractivity contribution in [1.29, 1.82) is 0 Å². The van der Waals surface area contributed by atoms with E-state index < -0.39 is 5.91 Å². The number of hydrazone groups is 1. The first-order valence-electron chi connectivity index (χ1n) is 8.94. The van der Waals surface area contributed by atoms with Crippen LogP contribution in [0.3, 0.4) is 0 Å². The number of halogens is 1. The third-order valence-corrected chi connectivity index (χ3v) is 4.62. The van der Waals surface area contributed by atoms with E-state index in [2.05, 4.69) is 38.6 Å². The Balaban J connectivity index is 1.57. The number of nitrogens with zero attached hydrogens (tertiary/aromatic N) is 3. The summed E-state index contributed by atoms with van der Waals surface area (Å²) in [6.07, 6.45) is 3.50. The van der Waals surface area contributed by atoms with Gasteiger partial charge in [-0.2, -0.15) is 10.2 Å². The molecule has 0 bridgehead atoms. The summed E-state index contributed by atoms with van der Waals surface area (Å²) in [6.45, 7) is 0.640. The topological polar surface area (TPSA) is 72.4 Å². The van der Waals surface area contributed by atoms with Crippen molar-refractivity contribution in [3.8, 4) is 11.3 Å². The summed E-state index contributed by atoms with van der Waals surface area (Å²) in [5.41, 5.74) is 6.19. The molecule has 0 unspecified atom stereocenters. The predicted molar refractivity (Wildman–Crippen MR) is 115 cm³/mol. The van der Waals surface area contributed by atoms with Crippen molar-refractivity contribution >= 4 is 28.1 Å². The van der Waals surface area contributed by atoms with Gasteiger partial charge in [0.25, 0.3) is 0 Å². The SMILES string of the molecule is O=C(N/N=C\c1cn(Cc2ccccc2)nc1-c1ccccc1)c1ccc(Br)o1. The predicted octanol–water partition coefficient (Wildman–Crippen LogP) is 4.72. The molecule has 0 aliphatic carbocycles. The van der Waals surface area contributed by atoms with Crippen LogP contribution in [0.4, 0.5) is 0 Å². The van der Waals surface area contributed by atoms with Crippen molar-refractivity contribution in [2.24, 2.45) is 5.10 Å². The molecule has 0 fully saturated rings. The van der Waals surface area contributed by atoms with Crippen LogP contribution in [0, 0.1) is 0 Å². The maximum Gasteiger partial charge on any atom is 0.307 e. The largest absolute Gasteiger partial charge is 0.444 e. The molecule has 144 valence electrons. The standard InChI is InChI=1S/C22H17BrN4O2/c23-20-12-11-19(29-20)22(28)25-24-13-18-15-27(14-16-7-3-1-4-8-16)26-21(18)17-9-5-2-6-10-17/h1-13,15H,14H2,(H,25,28)/b24-13-. The summed E-state index contributed by atoms with van der Waals surface area (Å²) < 4.78 is 7.58. The van der Waals surface area contributed by atoms with Crippen molar-refractivity contribution in [1.82, 2.24) is 15.2 Å². The van der Waals surface area contributed by atoms with Gasteiger partial charge in [0.15, 0.2) is 10.4 Å². The highest BCUT2D eigenvalue weighted by atomic mass is 79.9. The first kappa shape index (κ1) is 18.9. The monoisotopic (exact) mass is 448 g/mol. The van der Waals surface area contributed by atoms with Gasteiger partial charge in [0.1, 0.15) is 5.69 Å². The molecule has 2 heterocycles. The number of hydrogen-bond acceptors (Lipinski definition) is 4. The fourth-order valence-electron chi connectivity index (χ4n) is 2.85. The minimum atomic E-state index is -0.426. The Kier molecular flexibility index (Phi) is 5.67. The fraction of sp³-hybridized carbons (Fsp3) is 0.0455. The average molecular weight is 449 g/mol. The zero-order valence-corrected chi connectivity index (χ0v) is 16.9. The van der Waals surface area contributed by atoms with Gasteiger partial charge in [-0.25, -0.2) is 5.43 Å². The van der Waals surface area contributed by atoms with Gasteiger partial charge in [-0.05, 0) is 33.6 Å². The second kappa shape index (κ2) is 8.70. The molecule has 4 aromatic rings. The molecular weight excluding hydrogens is 432 g/mol. The van der Waals surface area contributed by atoms with E-state index in [9.17, 15) is 4.79 Å². The summed E-state index contributed by atoms with van der Waals surface area (Å²) in [5, 5.41) is 8.80. The van der Waals surface area contributed by atoms with Gasteiger partial charge in [0, 0.05) is 17.3 Å². The molecule has 0 aliphatic heterocycles. The average Bonchev–Trinajstić information content (AvgIpc) is 3.36. The number of benzene rings is 2. The van der Waals surface area contributed by atoms with Crippen LogP contribution < -0.4 is 5.43 Å². The van der Waals surface area contributed by atoms with E-state index in [-0.39, 0.29) is 5.76 Å². The van der Waals surface area contributed by atoms with Crippen molar-refractivity contribution in [2.75, 3.05) is 0 Å². The van der Waals surface area contributed by atoms with Crippen LogP contribution in [0.5, 0.6) is 0 Å². The van der Waals surface area contributed by atoms with E-state index >= 15 is 0 Å². The van der Waals surface area contributed by atoms with Gasteiger partial charge < -0.3 is 4.42 Å². The van der Waals surface area contributed by atoms with E-state index in [1.807, 2.05) is 59.4 Å². The van der Waals surface area contributed by atoms with Gasteiger partial charge in [0.2, 0.25) is 0 Å². The van der Waals surface area contributed by atoms with E-state index in [1.165, 1.54) is 0 Å². The van der Waals surface area contributed by atoms with Crippen molar-refractivity contribution < 1.29 is 9.21 Å². The number of hydrogen-bond donors (Lipinski definition) is 1. The van der Waals surface area contributed by atoms with Crippen LogP contribution in [0.1, 0.15) is 21.7 Å². The van der Waals surface area contributed by atoms with E-state index in [4.69, 9.17) is 9.52 Å². The molecular formula is C22H17BrN4O2. The Morgan fingerprint density at radius 2 is 1.79 bits per heavy atom. The zero-order chi connectivity index (χ0) is 20.1. The lowest BCUT2D eigenvalue weighted by atomic mass is 10.1. The highest BCUT2D eigenvalue weighted by molar-refractivity contribution is 9.10. The number of carbonyl (C=O) groups is 1. The maximum atomic E-state index is 12.1. The Bertz CT molecular complexity index is 1130. The van der Waals surface area contributed by atoms with Crippen molar-refractivity contribution in [2.45, 2.75) is 6.54 Å². The Hall–Kier alpha value is -3.45. The molecule has 6 nitrogen and oxygen atoms in total. The van der Waals surface area contributed by atoms with E-state index in [0.29, 0.717) is 11.2 Å². The minimum Gasteiger partial charge on any atom is -0.444 e. The molecule has 0 spiro atoms. The first-order valence-corrected chi connectivity index (χ1v) is 9.74. The molecule has 0 saturated heterocycles. The number of aromatic nitrogens is 2. The molecule has 1 N–H and O–H groups in total. The second-order valence-corrected chi connectivity index (χ2v) is 7.07. The zero-order valence-electron chi connectivity index (χ0n) is 15.3. The number of amides is 1. The Labute approximate surface area is 176 Å². The van der Waals surface area contributed by atoms with Gasteiger partial charge in [-0.15, -0.1) is 0 Å². The molecule has 0 aliphatic rings. The van der Waals surface area contributed by atoms with Gasteiger partial charge in [0.05, 0.1) is 12.8 Å². The lowest BCUT2D eigenvalue weighted by molar-refractivity contribution is 0.0926. The van der Waals surface area contributed by atoms with Crippen LogP contribution in [0.25, 0.3) is 11.3 Å². The summed E-state index contributed by atoms with van der Waals surface area (Å²) >= 11 is 3.17. The second-order valence-electron chi connectivity index (χ2n) is 6.29. The molecule has 4 rings (SSSR count). The fourth-order valence-corrected chi connectivity index (χ4v) is 3.16. The number of furan rings is 1. The van der Waals surface area contributed by atoms with Crippen LogP contribution in [-0.2, 0) is 6.54 Å². The molecule has 2 aromatic carbocycles. The molecule has 2 aromatic heterocycles. The third kappa shape index (κ3) is 4.70. The molecule has 0 atom stereocenters. The lowest BCUT2D eigenvalue weighted by Gasteiger charge is -2.01. The summed E-state index contributed by atoms with van der Waals surface area (Å²) in [5.74, 6) is -0.248. The Morgan fingerprint density at radius 1 is 1.07 bits per heavy atom. The van der Waals surface area contributed by atoms with Crippen LogP contribution >= 0.6 is 15.9 Å². The summed E-state index contributed by atoms with van der Waals surface area (Å²) in [4.78, 5) is 12.1. The molecule has 7 heteroatoms. The highest BCUT2D eigenvalue weighted by Crippen LogP contribution is 2.21. The van der Waals surface area contributed by atoms with Gasteiger partial charge >= 0.3 is 5.91 Å². The summed E-state index contributed by atoms with van der Waals surface area (Å²) in [7, 11) is 0. The van der Waals surface area contributed by atoms with Crippen molar-refractivity contribution in [3.05, 3.63) is 101 Å². The molecule has 29 heavy (non-hydrogen) atoms. The van der Waals surface area contributed by atoms with E-state index in [1.54, 1.807) is 18.3 Å². The summed E-state index contributed by atoms with van der Waals surface area (Å²) in [6, 6.07) is 23.2. The van der Waals surface area contributed by atoms with Gasteiger partial charge in [-0.3, -0.25) is 9.48 Å². The number of nitrogens with one attached hydrogen (secondary N) is 1. The quantitative estimate of drug-likeness (QED) is 0.342. The molecule has 0 radical (unpaired) electrons. The van der Waals surface area contributed by atoms with Crippen LogP contribution in [0.2, 0.25) is 0 Å². The number of rotatable bonds is 6. The van der Waals surface area contributed by atoms with E-state index in [0.717, 1.165) is 22.4 Å². The molecule has 0 saturated carbocycles. The third-order valence-electron chi connectivity index (χ3n) is 4.19. The van der Waals surface area contributed by atoms with Crippen LogP contribution in [-0.4, -0.2) is 21.9 Å². The maximum absolute atomic E-state index is 12.1. The van der Waals surface area contributed by atoms with Crippen molar-refractivity contribution in [3.63, 3.8) is 0 Å². The Morgan fingerprint density at radius 3 is 2.48 bits per heavy atom. The smallest absolute Gasteiger partial charge is 0.307 e. The van der Waals surface area contributed by atoms with Gasteiger partial charge in [-0.1, -0.05) is 60.7 Å². The first-order chi connectivity index (χ1) is 14.2. The number of carbonyl (C=O) groups excluding carboxylic acids is 1. The molecule has 1 amide bonds. The van der Waals surface area contributed by atoms with Crippen LogP contribution in [0.15, 0.2) is 93.2 Å². The minimum absolute atomic E-state index is 0.178.